The molecule has 1 aliphatic carbocycles. The van der Waals surface area contributed by atoms with Crippen LogP contribution >= 0.6 is 11.8 Å². The first-order valence-electron chi connectivity index (χ1n) is 7.64. The Morgan fingerprint density at radius 3 is 2.40 bits per heavy atom. The first kappa shape index (κ1) is 14.2. The Labute approximate surface area is 125 Å². The minimum atomic E-state index is 0.407. The number of benzene rings is 1. The van der Waals surface area contributed by atoms with Crippen LogP contribution in [0.1, 0.15) is 31.2 Å². The highest BCUT2D eigenvalue weighted by atomic mass is 32.2. The van der Waals surface area contributed by atoms with Gasteiger partial charge in [0.25, 0.3) is 0 Å². The summed E-state index contributed by atoms with van der Waals surface area (Å²) in [6.45, 7) is 2.86. The lowest BCUT2D eigenvalue weighted by Gasteiger charge is -2.23. The van der Waals surface area contributed by atoms with Gasteiger partial charge in [0.1, 0.15) is 11.2 Å². The van der Waals surface area contributed by atoms with E-state index in [0.717, 1.165) is 18.1 Å². The summed E-state index contributed by atoms with van der Waals surface area (Å²) in [4.78, 5) is 0. The number of thioether (sulfide) groups is 1. The van der Waals surface area contributed by atoms with Crippen LogP contribution in [0, 0.1) is 6.92 Å². The molecule has 0 amide bonds. The predicted octanol–water partition coefficient (Wildman–Crippen LogP) is 2.89. The van der Waals surface area contributed by atoms with E-state index in [1.165, 1.54) is 31.2 Å². The number of aryl methyl sites for hydroxylation is 1. The van der Waals surface area contributed by atoms with Gasteiger partial charge in [-0.25, -0.2) is 0 Å². The summed E-state index contributed by atoms with van der Waals surface area (Å²) in [5.41, 5.74) is 1.68. The molecule has 1 aromatic rings. The third-order valence-corrected chi connectivity index (χ3v) is 5.16. The highest BCUT2D eigenvalue weighted by Gasteiger charge is 2.34. The van der Waals surface area contributed by atoms with E-state index < -0.39 is 0 Å². The van der Waals surface area contributed by atoms with Crippen LogP contribution in [0.2, 0.25) is 0 Å². The summed E-state index contributed by atoms with van der Waals surface area (Å²) >= 11 is 1.93. The second-order valence-electron chi connectivity index (χ2n) is 5.74. The summed E-state index contributed by atoms with van der Waals surface area (Å²) in [6, 6.07) is 9.65. The fourth-order valence-corrected chi connectivity index (χ4v) is 3.98. The number of hydrogen-bond acceptors (Lipinski definition) is 4. The topological polar surface area (TPSA) is 33.3 Å². The summed E-state index contributed by atoms with van der Waals surface area (Å²) in [5.74, 6) is 1.98. The molecule has 3 rings (SSSR count). The SMILES string of the molecule is Cc1ccc(OCCSC2NC3CCCCC3N2)cc1. The Balaban J connectivity index is 1.35. The molecule has 110 valence electrons. The molecule has 2 aliphatic rings. The van der Waals surface area contributed by atoms with Crippen LogP contribution in [-0.4, -0.2) is 29.9 Å². The summed E-state index contributed by atoms with van der Waals surface area (Å²) < 4.78 is 5.76. The van der Waals surface area contributed by atoms with Crippen molar-refractivity contribution in [1.82, 2.24) is 10.6 Å². The van der Waals surface area contributed by atoms with E-state index in [1.807, 2.05) is 23.9 Å². The average Bonchev–Trinajstić information content (AvgIpc) is 2.88. The van der Waals surface area contributed by atoms with Crippen molar-refractivity contribution in [1.29, 1.82) is 0 Å². The standard InChI is InChI=1S/C16H24N2OS/c1-12-6-8-13(9-7-12)19-10-11-20-16-17-14-4-2-3-5-15(14)18-16/h6-9,14-18H,2-5,10-11H2,1H3. The maximum absolute atomic E-state index is 5.76. The van der Waals surface area contributed by atoms with Crippen molar-refractivity contribution in [3.63, 3.8) is 0 Å². The highest BCUT2D eigenvalue weighted by molar-refractivity contribution is 7.99. The van der Waals surface area contributed by atoms with Gasteiger partial charge < -0.3 is 4.74 Å². The summed E-state index contributed by atoms with van der Waals surface area (Å²) in [7, 11) is 0. The minimum Gasteiger partial charge on any atom is -0.493 e. The van der Waals surface area contributed by atoms with Crippen LogP contribution in [0.15, 0.2) is 24.3 Å². The molecule has 4 heteroatoms. The molecule has 0 aromatic heterocycles. The van der Waals surface area contributed by atoms with Crippen molar-refractivity contribution in [3.05, 3.63) is 29.8 Å². The molecule has 1 saturated carbocycles. The lowest BCUT2D eigenvalue weighted by atomic mass is 9.92. The fraction of sp³-hybridized carbons (Fsp3) is 0.625. The van der Waals surface area contributed by atoms with Crippen molar-refractivity contribution in [2.75, 3.05) is 12.4 Å². The monoisotopic (exact) mass is 292 g/mol. The number of hydrogen-bond donors (Lipinski definition) is 2. The van der Waals surface area contributed by atoms with Crippen molar-refractivity contribution in [2.24, 2.45) is 0 Å². The first-order valence-corrected chi connectivity index (χ1v) is 8.69. The molecule has 1 saturated heterocycles. The van der Waals surface area contributed by atoms with Gasteiger partial charge in [0.05, 0.1) is 6.61 Å². The molecule has 0 radical (unpaired) electrons. The molecule has 0 spiro atoms. The van der Waals surface area contributed by atoms with Crippen LogP contribution < -0.4 is 15.4 Å². The van der Waals surface area contributed by atoms with Gasteiger partial charge in [0, 0.05) is 17.8 Å². The number of rotatable bonds is 5. The molecule has 1 heterocycles. The molecule has 2 unspecified atom stereocenters. The maximum atomic E-state index is 5.76. The molecule has 0 bridgehead atoms. The summed E-state index contributed by atoms with van der Waals surface area (Å²) in [5, 5.41) is 7.39. The van der Waals surface area contributed by atoms with Gasteiger partial charge in [-0.3, -0.25) is 10.6 Å². The zero-order valence-electron chi connectivity index (χ0n) is 12.1. The van der Waals surface area contributed by atoms with Crippen LogP contribution in [0.4, 0.5) is 0 Å². The smallest absolute Gasteiger partial charge is 0.119 e. The fourth-order valence-electron chi connectivity index (χ4n) is 3.02. The van der Waals surface area contributed by atoms with E-state index >= 15 is 0 Å². The Kier molecular flexibility index (Phi) is 4.86. The number of nitrogens with one attached hydrogen (secondary N) is 2. The zero-order valence-corrected chi connectivity index (χ0v) is 12.9. The van der Waals surface area contributed by atoms with Crippen LogP contribution in [-0.2, 0) is 0 Å². The van der Waals surface area contributed by atoms with Crippen LogP contribution in [0.25, 0.3) is 0 Å². The largest absolute Gasteiger partial charge is 0.493 e. The quantitative estimate of drug-likeness (QED) is 0.818. The Hall–Kier alpha value is -0.710. The molecule has 1 aromatic carbocycles. The Morgan fingerprint density at radius 1 is 1.10 bits per heavy atom. The van der Waals surface area contributed by atoms with E-state index in [2.05, 4.69) is 29.7 Å². The van der Waals surface area contributed by atoms with Gasteiger partial charge in [-0.05, 0) is 31.9 Å². The highest BCUT2D eigenvalue weighted by Crippen LogP contribution is 2.26. The zero-order chi connectivity index (χ0) is 13.8. The second-order valence-corrected chi connectivity index (χ2v) is 6.96. The van der Waals surface area contributed by atoms with E-state index in [4.69, 9.17) is 4.74 Å². The molecule has 2 fully saturated rings. The normalized spacial score (nSPS) is 29.1. The second kappa shape index (κ2) is 6.83. The van der Waals surface area contributed by atoms with E-state index in [1.54, 1.807) is 0 Å². The van der Waals surface area contributed by atoms with Crippen molar-refractivity contribution >= 4 is 11.8 Å². The van der Waals surface area contributed by atoms with E-state index in [-0.39, 0.29) is 0 Å². The van der Waals surface area contributed by atoms with Gasteiger partial charge >= 0.3 is 0 Å². The molecule has 20 heavy (non-hydrogen) atoms. The van der Waals surface area contributed by atoms with Crippen molar-refractivity contribution in [2.45, 2.75) is 50.2 Å². The average molecular weight is 292 g/mol. The molecule has 2 atom stereocenters. The predicted molar refractivity (Wildman–Crippen MR) is 85.2 cm³/mol. The van der Waals surface area contributed by atoms with Gasteiger partial charge in [0.15, 0.2) is 0 Å². The molecule has 3 nitrogen and oxygen atoms in total. The van der Waals surface area contributed by atoms with Crippen molar-refractivity contribution < 1.29 is 4.74 Å². The lowest BCUT2D eigenvalue weighted by molar-refractivity contribution is 0.343. The number of ether oxygens (including phenoxy) is 1. The molecule has 1 aliphatic heterocycles. The molecule has 2 N–H and O–H groups in total. The van der Waals surface area contributed by atoms with Gasteiger partial charge in [-0.15, -0.1) is 11.8 Å². The molecular formula is C16H24N2OS. The third-order valence-electron chi connectivity index (χ3n) is 4.15. The lowest BCUT2D eigenvalue weighted by Crippen LogP contribution is -2.36. The number of fused-ring (bicyclic) bond motifs is 1. The Bertz CT molecular complexity index is 409. The van der Waals surface area contributed by atoms with E-state index in [9.17, 15) is 0 Å². The summed E-state index contributed by atoms with van der Waals surface area (Å²) in [6.07, 6.45) is 5.41. The van der Waals surface area contributed by atoms with Crippen LogP contribution in [0.3, 0.4) is 0 Å². The third kappa shape index (κ3) is 3.68. The van der Waals surface area contributed by atoms with Gasteiger partial charge in [-0.1, -0.05) is 30.5 Å². The maximum Gasteiger partial charge on any atom is 0.119 e. The van der Waals surface area contributed by atoms with Gasteiger partial charge in [0.2, 0.25) is 0 Å². The Morgan fingerprint density at radius 2 is 1.75 bits per heavy atom. The minimum absolute atomic E-state index is 0.407. The first-order chi connectivity index (χ1) is 9.81. The molecular weight excluding hydrogens is 268 g/mol. The van der Waals surface area contributed by atoms with Gasteiger partial charge in [-0.2, -0.15) is 0 Å². The van der Waals surface area contributed by atoms with E-state index in [0.29, 0.717) is 17.6 Å². The van der Waals surface area contributed by atoms with Crippen LogP contribution in [0.5, 0.6) is 5.75 Å². The van der Waals surface area contributed by atoms with Crippen molar-refractivity contribution in [3.8, 4) is 5.75 Å².